The van der Waals surface area contributed by atoms with Gasteiger partial charge in [-0.05, 0) is 129 Å². The van der Waals surface area contributed by atoms with Gasteiger partial charge in [-0.3, -0.25) is 10.6 Å². The lowest BCUT2D eigenvalue weighted by Gasteiger charge is -2.31. The van der Waals surface area contributed by atoms with Gasteiger partial charge in [0, 0.05) is 48.0 Å². The van der Waals surface area contributed by atoms with Crippen molar-refractivity contribution in [3.8, 4) is 11.5 Å². The Morgan fingerprint density at radius 2 is 1.22 bits per heavy atom. The van der Waals surface area contributed by atoms with Crippen LogP contribution in [0.25, 0.3) is 0 Å². The Balaban J connectivity index is 0.000000275. The summed E-state index contributed by atoms with van der Waals surface area (Å²) >= 11 is 15.4. The van der Waals surface area contributed by atoms with E-state index in [9.17, 15) is 29.5 Å². The van der Waals surface area contributed by atoms with Crippen molar-refractivity contribution < 1.29 is 57.8 Å². The van der Waals surface area contributed by atoms with Crippen LogP contribution in [-0.4, -0.2) is 124 Å². The van der Waals surface area contributed by atoms with E-state index in [0.717, 1.165) is 97.9 Å². The highest BCUT2D eigenvalue weighted by molar-refractivity contribution is 7.14. The van der Waals surface area contributed by atoms with Gasteiger partial charge in [0.25, 0.3) is 0 Å². The van der Waals surface area contributed by atoms with Crippen LogP contribution in [0.15, 0.2) is 109 Å². The van der Waals surface area contributed by atoms with Crippen molar-refractivity contribution >= 4 is 69.8 Å². The summed E-state index contributed by atoms with van der Waals surface area (Å²) < 4.78 is 28.3. The summed E-state index contributed by atoms with van der Waals surface area (Å²) in [4.78, 5) is 57.0. The Hall–Kier alpha value is -6.13. The highest BCUT2D eigenvalue weighted by Gasteiger charge is 2.31. The number of aromatic carboxylic acids is 2. The number of piperidine rings is 2. The van der Waals surface area contributed by atoms with Crippen LogP contribution in [0.2, 0.25) is 10.0 Å². The lowest BCUT2D eigenvalue weighted by atomic mass is 9.85. The SMILES string of the molecule is CCN1CCC(COC(=O)C(NCc2ccc(C(=O)O)s2)c2ccccc2)CC1.COCCN1CCC(COC(=O)[C@@H](NCc2cc(C(Cc3c(Cl)c[n+]([O-])cc3Cl)c3ccc(OC)c(OC)c3)c(C(=O)O)s2)c2ccccc2)CC1. The van der Waals surface area contributed by atoms with Crippen molar-refractivity contribution in [2.45, 2.75) is 70.1 Å². The number of halogens is 2. The third-order valence-corrected chi connectivity index (χ3v) is 17.5. The van der Waals surface area contributed by atoms with E-state index in [0.29, 0.717) is 69.4 Å². The van der Waals surface area contributed by atoms with Crippen molar-refractivity contribution in [1.82, 2.24) is 20.4 Å². The van der Waals surface area contributed by atoms with Crippen LogP contribution < -0.4 is 24.8 Å². The van der Waals surface area contributed by atoms with E-state index in [1.54, 1.807) is 31.4 Å². The number of carbonyl (C=O) groups excluding carboxylic acids is 2. The van der Waals surface area contributed by atoms with Crippen LogP contribution in [0.3, 0.4) is 0 Å². The number of methoxy groups -OCH3 is 3. The molecule has 434 valence electrons. The number of thiophene rings is 2. The molecule has 17 nitrogen and oxygen atoms in total. The number of ether oxygens (including phenoxy) is 5. The molecular formula is C60H71Cl2N5O12S2. The van der Waals surface area contributed by atoms with Crippen LogP contribution in [-0.2, 0) is 43.3 Å². The van der Waals surface area contributed by atoms with Gasteiger partial charge >= 0.3 is 23.9 Å². The molecule has 3 aromatic heterocycles. The molecule has 6 aromatic rings. The molecule has 81 heavy (non-hydrogen) atoms. The van der Waals surface area contributed by atoms with Crippen molar-refractivity contribution in [2.75, 3.05) is 80.4 Å². The van der Waals surface area contributed by atoms with Gasteiger partial charge in [0.1, 0.15) is 31.9 Å². The Kier molecular flexibility index (Phi) is 24.2. The molecule has 8 rings (SSSR count). The number of rotatable bonds is 26. The maximum atomic E-state index is 13.6. The Morgan fingerprint density at radius 1 is 0.679 bits per heavy atom. The molecule has 0 saturated carbocycles. The number of carboxylic acids is 2. The summed E-state index contributed by atoms with van der Waals surface area (Å²) in [6.45, 7) is 10.2. The Morgan fingerprint density at radius 3 is 1.72 bits per heavy atom. The molecular weight excluding hydrogens is 1120 g/mol. The predicted octanol–water partition coefficient (Wildman–Crippen LogP) is 10.1. The summed E-state index contributed by atoms with van der Waals surface area (Å²) in [6, 6.07) is 28.0. The number of hydrogen-bond donors (Lipinski definition) is 4. The number of aromatic nitrogens is 1. The number of hydrogen-bond acceptors (Lipinski definition) is 16. The topological polar surface area (TPSA) is 212 Å². The van der Waals surface area contributed by atoms with Gasteiger partial charge in [-0.15, -0.1) is 22.7 Å². The third kappa shape index (κ3) is 17.9. The molecule has 0 radical (unpaired) electrons. The Labute approximate surface area is 491 Å². The highest BCUT2D eigenvalue weighted by atomic mass is 35.5. The van der Waals surface area contributed by atoms with E-state index in [4.69, 9.17) is 52.0 Å². The minimum atomic E-state index is -1.10. The van der Waals surface area contributed by atoms with Crippen molar-refractivity contribution in [3.05, 3.63) is 172 Å². The number of pyridine rings is 1. The summed E-state index contributed by atoms with van der Waals surface area (Å²) in [5, 5.41) is 38.4. The zero-order chi connectivity index (χ0) is 57.8. The molecule has 0 amide bonds. The molecule has 2 fully saturated rings. The number of likely N-dealkylation sites (tertiary alicyclic amines) is 2. The molecule has 4 N–H and O–H groups in total. The van der Waals surface area contributed by atoms with Gasteiger partial charge in [0.15, 0.2) is 23.9 Å². The first-order valence-electron chi connectivity index (χ1n) is 27.0. The maximum absolute atomic E-state index is 13.6. The monoisotopic (exact) mass is 1190 g/mol. The molecule has 0 spiro atoms. The van der Waals surface area contributed by atoms with Crippen molar-refractivity contribution in [3.63, 3.8) is 0 Å². The van der Waals surface area contributed by atoms with Gasteiger partial charge in [-0.25, -0.2) is 19.2 Å². The van der Waals surface area contributed by atoms with Crippen molar-refractivity contribution in [2.24, 2.45) is 11.8 Å². The minimum absolute atomic E-state index is 0.120. The third-order valence-electron chi connectivity index (χ3n) is 14.6. The molecule has 2 unspecified atom stereocenters. The summed E-state index contributed by atoms with van der Waals surface area (Å²) in [6.07, 6.45) is 6.59. The number of nitrogens with zero attached hydrogens (tertiary/aromatic N) is 3. The summed E-state index contributed by atoms with van der Waals surface area (Å²) in [5.74, 6) is -1.63. The molecule has 2 aliphatic rings. The molecule has 2 saturated heterocycles. The zero-order valence-corrected chi connectivity index (χ0v) is 49.1. The number of carboxylic acid groups (broad SMARTS) is 2. The van der Waals surface area contributed by atoms with Gasteiger partial charge < -0.3 is 48.9 Å². The van der Waals surface area contributed by atoms with E-state index in [-0.39, 0.29) is 39.8 Å². The van der Waals surface area contributed by atoms with E-state index in [1.807, 2.05) is 72.8 Å². The van der Waals surface area contributed by atoms with E-state index < -0.39 is 35.9 Å². The first-order chi connectivity index (χ1) is 39.2. The number of nitrogens with one attached hydrogen (secondary N) is 2. The molecule has 3 aromatic carbocycles. The van der Waals surface area contributed by atoms with Crippen LogP contribution in [0.4, 0.5) is 0 Å². The fourth-order valence-electron chi connectivity index (χ4n) is 9.97. The number of esters is 2. The smallest absolute Gasteiger partial charge is 0.346 e. The normalized spacial score (nSPS) is 15.4. The minimum Gasteiger partial charge on any atom is -0.619 e. The van der Waals surface area contributed by atoms with Gasteiger partial charge in [0.2, 0.25) is 0 Å². The molecule has 3 atom stereocenters. The van der Waals surface area contributed by atoms with Gasteiger partial charge in [0.05, 0.1) is 34.0 Å². The second-order valence-electron chi connectivity index (χ2n) is 19.9. The van der Waals surface area contributed by atoms with Crippen molar-refractivity contribution in [1.29, 1.82) is 0 Å². The van der Waals surface area contributed by atoms with Crippen LogP contribution in [0, 0.1) is 17.0 Å². The molecule has 5 heterocycles. The van der Waals surface area contributed by atoms with E-state index >= 15 is 0 Å². The number of benzene rings is 3. The molecule has 21 heteroatoms. The van der Waals surface area contributed by atoms with Crippen LogP contribution in [0.5, 0.6) is 11.5 Å². The molecule has 0 bridgehead atoms. The first-order valence-corrected chi connectivity index (χ1v) is 29.4. The fourth-order valence-corrected chi connectivity index (χ4v) is 12.4. The maximum Gasteiger partial charge on any atom is 0.346 e. The van der Waals surface area contributed by atoms with E-state index in [1.165, 1.54) is 38.0 Å². The Bertz CT molecular complexity index is 2960. The second-order valence-corrected chi connectivity index (χ2v) is 23.0. The summed E-state index contributed by atoms with van der Waals surface area (Å²) in [7, 11) is 4.75. The quantitative estimate of drug-likeness (QED) is 0.0226. The average molecular weight is 1190 g/mol. The predicted molar refractivity (Wildman–Crippen MR) is 313 cm³/mol. The molecule has 2 aliphatic heterocycles. The standard InChI is InChI=1S/C38H43Cl2N3O8S.C22H28N2O4S/c1-48-16-15-42-13-11-24(12-14-42)23-51-38(46)35(25-7-5-4-6-8-25)41-20-27-18-29(36(52-27)37(44)45)28(19-30-31(39)21-43(47)22-32(30)40)26-9-10-33(49-2)34(17-26)50-3;1-2-24-12-10-16(11-13-24)15-28-22(27)20(17-6-4-3-5-7-17)23-14-18-8-9-19(29-18)21(25)26/h4-10,17-18,21-22,24,28,35,41H,11-16,19-20,23H2,1-3H3,(H,44,45);3-9,16,20,23H,2,10-15H2,1H3,(H,25,26)/t28?,35-;/m0./s1. The van der Waals surface area contributed by atoms with Crippen LogP contribution in [0.1, 0.15) is 108 Å². The van der Waals surface area contributed by atoms with Gasteiger partial charge in [-0.1, -0.05) is 96.9 Å². The van der Waals surface area contributed by atoms with Crippen LogP contribution >= 0.6 is 45.9 Å². The lowest BCUT2D eigenvalue weighted by Crippen LogP contribution is -2.38. The fraction of sp³-hybridized carbons (Fsp3) is 0.417. The first kappa shape index (κ1) is 62.5. The zero-order valence-electron chi connectivity index (χ0n) is 46.0. The lowest BCUT2D eigenvalue weighted by molar-refractivity contribution is -0.605. The average Bonchev–Trinajstić information content (AvgIpc) is 4.31. The molecule has 0 aliphatic carbocycles. The summed E-state index contributed by atoms with van der Waals surface area (Å²) in [5.41, 5.74) is 3.31. The highest BCUT2D eigenvalue weighted by Crippen LogP contribution is 2.41. The largest absolute Gasteiger partial charge is 0.619 e. The number of carbonyl (C=O) groups is 4. The second kappa shape index (κ2) is 31.3. The van der Waals surface area contributed by atoms with E-state index in [2.05, 4.69) is 27.4 Å². The van der Waals surface area contributed by atoms with Gasteiger partial charge in [-0.2, -0.15) is 4.73 Å².